The van der Waals surface area contributed by atoms with E-state index in [2.05, 4.69) is 22.3 Å². The molecule has 0 aliphatic carbocycles. The molecule has 2 rings (SSSR count). The number of hydrogen-bond acceptors (Lipinski definition) is 4. The molecule has 1 unspecified atom stereocenters. The number of rotatable bonds is 4. The van der Waals surface area contributed by atoms with Crippen LogP contribution in [0.25, 0.3) is 0 Å². The highest BCUT2D eigenvalue weighted by atomic mass is 35.5. The molecule has 0 saturated carbocycles. The van der Waals surface area contributed by atoms with Gasteiger partial charge in [0.1, 0.15) is 6.33 Å². The molecule has 0 radical (unpaired) electrons. The quantitative estimate of drug-likeness (QED) is 0.913. The van der Waals surface area contributed by atoms with E-state index in [1.807, 2.05) is 19.2 Å². The predicted octanol–water partition coefficient (Wildman–Crippen LogP) is 2.38. The molecule has 0 fully saturated rings. The van der Waals surface area contributed by atoms with E-state index in [-0.39, 0.29) is 6.04 Å². The number of halogens is 1. The highest BCUT2D eigenvalue weighted by Crippen LogP contribution is 2.26. The maximum atomic E-state index is 5.89. The van der Waals surface area contributed by atoms with Crippen molar-refractivity contribution in [2.75, 3.05) is 0 Å². The molecule has 4 nitrogen and oxygen atoms in total. The lowest BCUT2D eigenvalue weighted by molar-refractivity contribution is 0.563. The van der Waals surface area contributed by atoms with E-state index in [4.69, 9.17) is 11.6 Å². The second-order valence-electron chi connectivity index (χ2n) is 3.58. The van der Waals surface area contributed by atoms with E-state index in [0.29, 0.717) is 6.54 Å². The molecule has 2 aromatic rings. The second-order valence-corrected chi connectivity index (χ2v) is 5.33. The Morgan fingerprint density at radius 2 is 2.38 bits per heavy atom. The zero-order valence-corrected chi connectivity index (χ0v) is 10.7. The summed E-state index contributed by atoms with van der Waals surface area (Å²) in [7, 11) is 1.86. The molecule has 16 heavy (non-hydrogen) atoms. The Kier molecular flexibility index (Phi) is 3.58. The topological polar surface area (TPSA) is 42.7 Å². The van der Waals surface area contributed by atoms with E-state index in [1.165, 1.54) is 4.88 Å². The summed E-state index contributed by atoms with van der Waals surface area (Å²) in [4.78, 5) is 5.38. The van der Waals surface area contributed by atoms with Gasteiger partial charge in [0.05, 0.1) is 10.9 Å². The molecule has 0 spiro atoms. The fourth-order valence-corrected chi connectivity index (χ4v) is 2.46. The van der Waals surface area contributed by atoms with Gasteiger partial charge in [0, 0.05) is 18.0 Å². The van der Waals surface area contributed by atoms with Crippen molar-refractivity contribution in [3.8, 4) is 0 Å². The Hall–Kier alpha value is -0.910. The Bertz CT molecular complexity index is 465. The normalized spacial score (nSPS) is 12.9. The monoisotopic (exact) mass is 256 g/mol. The summed E-state index contributed by atoms with van der Waals surface area (Å²) in [5.74, 6) is 0.803. The SMILES string of the molecule is CC(NCc1ncn(C)n1)c1ccc(Cl)s1. The summed E-state index contributed by atoms with van der Waals surface area (Å²) in [6.45, 7) is 2.77. The third-order valence-corrected chi connectivity index (χ3v) is 3.65. The molecule has 0 amide bonds. The summed E-state index contributed by atoms with van der Waals surface area (Å²) in [5, 5.41) is 7.56. The molecule has 1 atom stereocenters. The third-order valence-electron chi connectivity index (χ3n) is 2.23. The molecule has 0 aliphatic rings. The first-order chi connectivity index (χ1) is 7.65. The van der Waals surface area contributed by atoms with Crippen molar-refractivity contribution in [2.45, 2.75) is 19.5 Å². The number of hydrogen-bond donors (Lipinski definition) is 1. The van der Waals surface area contributed by atoms with Gasteiger partial charge < -0.3 is 5.32 Å². The van der Waals surface area contributed by atoms with Gasteiger partial charge in [0.2, 0.25) is 0 Å². The van der Waals surface area contributed by atoms with Crippen molar-refractivity contribution < 1.29 is 0 Å². The van der Waals surface area contributed by atoms with E-state index in [9.17, 15) is 0 Å². The van der Waals surface area contributed by atoms with Crippen molar-refractivity contribution in [2.24, 2.45) is 7.05 Å². The zero-order valence-electron chi connectivity index (χ0n) is 9.14. The summed E-state index contributed by atoms with van der Waals surface area (Å²) in [6.07, 6.45) is 1.70. The number of nitrogens with one attached hydrogen (secondary N) is 1. The average molecular weight is 257 g/mol. The van der Waals surface area contributed by atoms with Gasteiger partial charge in [-0.2, -0.15) is 5.10 Å². The summed E-state index contributed by atoms with van der Waals surface area (Å²) >= 11 is 7.48. The lowest BCUT2D eigenvalue weighted by Crippen LogP contribution is -2.18. The van der Waals surface area contributed by atoms with Gasteiger partial charge in [-0.25, -0.2) is 4.98 Å². The molecule has 6 heteroatoms. The van der Waals surface area contributed by atoms with Gasteiger partial charge in [-0.15, -0.1) is 11.3 Å². The van der Waals surface area contributed by atoms with Crippen LogP contribution in [0.4, 0.5) is 0 Å². The lowest BCUT2D eigenvalue weighted by Gasteiger charge is -2.09. The highest BCUT2D eigenvalue weighted by molar-refractivity contribution is 7.16. The fourth-order valence-electron chi connectivity index (χ4n) is 1.37. The van der Waals surface area contributed by atoms with Gasteiger partial charge in [-0.05, 0) is 19.1 Å². The van der Waals surface area contributed by atoms with Crippen LogP contribution in [-0.2, 0) is 13.6 Å². The van der Waals surface area contributed by atoms with E-state index in [1.54, 1.807) is 22.3 Å². The maximum absolute atomic E-state index is 5.89. The molecule has 0 saturated heterocycles. The second kappa shape index (κ2) is 4.95. The Morgan fingerprint density at radius 1 is 1.56 bits per heavy atom. The predicted molar refractivity (Wildman–Crippen MR) is 65.6 cm³/mol. The number of thiophene rings is 1. The van der Waals surface area contributed by atoms with E-state index >= 15 is 0 Å². The number of aromatic nitrogens is 3. The van der Waals surface area contributed by atoms with Crippen LogP contribution in [0.3, 0.4) is 0 Å². The minimum absolute atomic E-state index is 0.265. The summed E-state index contributed by atoms with van der Waals surface area (Å²) in [6, 6.07) is 4.22. The average Bonchev–Trinajstić information content (AvgIpc) is 2.84. The van der Waals surface area contributed by atoms with Crippen LogP contribution in [0.1, 0.15) is 23.7 Å². The Morgan fingerprint density at radius 3 is 2.94 bits per heavy atom. The first kappa shape index (κ1) is 11.6. The van der Waals surface area contributed by atoms with Crippen molar-refractivity contribution in [1.82, 2.24) is 20.1 Å². The van der Waals surface area contributed by atoms with Gasteiger partial charge >= 0.3 is 0 Å². The summed E-state index contributed by atoms with van der Waals surface area (Å²) in [5.41, 5.74) is 0. The van der Waals surface area contributed by atoms with Crippen LogP contribution in [0, 0.1) is 0 Å². The number of nitrogens with zero attached hydrogens (tertiary/aromatic N) is 3. The standard InChI is InChI=1S/C10H13ClN4S/c1-7(8-3-4-9(11)16-8)12-5-10-13-6-15(2)14-10/h3-4,6-7,12H,5H2,1-2H3. The van der Waals surface area contributed by atoms with Gasteiger partial charge in [-0.3, -0.25) is 4.68 Å². The lowest BCUT2D eigenvalue weighted by atomic mass is 10.3. The van der Waals surface area contributed by atoms with E-state index < -0.39 is 0 Å². The molecule has 2 heterocycles. The summed E-state index contributed by atoms with van der Waals surface area (Å²) < 4.78 is 2.52. The van der Waals surface area contributed by atoms with Gasteiger partial charge in [0.15, 0.2) is 5.82 Å². The first-order valence-corrected chi connectivity index (χ1v) is 6.18. The van der Waals surface area contributed by atoms with Crippen LogP contribution in [0.15, 0.2) is 18.5 Å². The van der Waals surface area contributed by atoms with Gasteiger partial charge in [-0.1, -0.05) is 11.6 Å². The largest absolute Gasteiger partial charge is 0.302 e. The molecule has 0 aromatic carbocycles. The van der Waals surface area contributed by atoms with Crippen LogP contribution in [-0.4, -0.2) is 14.8 Å². The number of aryl methyl sites for hydroxylation is 1. The van der Waals surface area contributed by atoms with Crippen LogP contribution in [0.5, 0.6) is 0 Å². The van der Waals surface area contributed by atoms with Crippen molar-refractivity contribution in [1.29, 1.82) is 0 Å². The fraction of sp³-hybridized carbons (Fsp3) is 0.400. The van der Waals surface area contributed by atoms with Crippen LogP contribution >= 0.6 is 22.9 Å². The molecule has 1 N–H and O–H groups in total. The van der Waals surface area contributed by atoms with Crippen LogP contribution < -0.4 is 5.32 Å². The van der Waals surface area contributed by atoms with Crippen molar-refractivity contribution >= 4 is 22.9 Å². The highest BCUT2D eigenvalue weighted by Gasteiger charge is 2.08. The smallest absolute Gasteiger partial charge is 0.164 e. The van der Waals surface area contributed by atoms with Crippen molar-refractivity contribution in [3.63, 3.8) is 0 Å². The Labute approximate surface area is 103 Å². The van der Waals surface area contributed by atoms with E-state index in [0.717, 1.165) is 10.2 Å². The first-order valence-electron chi connectivity index (χ1n) is 4.98. The van der Waals surface area contributed by atoms with Gasteiger partial charge in [0.25, 0.3) is 0 Å². The minimum Gasteiger partial charge on any atom is -0.302 e. The molecule has 2 aromatic heterocycles. The maximum Gasteiger partial charge on any atom is 0.164 e. The molecule has 0 bridgehead atoms. The molecule has 0 aliphatic heterocycles. The molecular formula is C10H13ClN4S. The molecular weight excluding hydrogens is 244 g/mol. The third kappa shape index (κ3) is 2.81. The zero-order chi connectivity index (χ0) is 11.5. The molecule has 86 valence electrons. The van der Waals surface area contributed by atoms with Crippen LogP contribution in [0.2, 0.25) is 4.34 Å². The Balaban J connectivity index is 1.91. The van der Waals surface area contributed by atoms with Crippen molar-refractivity contribution in [3.05, 3.63) is 33.5 Å². The minimum atomic E-state index is 0.265.